The Morgan fingerprint density at radius 3 is 2.19 bits per heavy atom. The summed E-state index contributed by atoms with van der Waals surface area (Å²) in [5, 5.41) is 18.7. The Balaban J connectivity index is 3.02. The second kappa shape index (κ2) is 14.6. The van der Waals surface area contributed by atoms with Crippen molar-refractivity contribution in [1.29, 1.82) is 0 Å². The molecule has 1 saturated heterocycles. The van der Waals surface area contributed by atoms with Gasteiger partial charge < -0.3 is 36.2 Å². The number of carbonyl (C=O) groups is 7. The van der Waals surface area contributed by atoms with Gasteiger partial charge in [-0.3, -0.25) is 33.6 Å². The zero-order valence-electron chi connectivity index (χ0n) is 21.1. The van der Waals surface area contributed by atoms with Gasteiger partial charge in [0.1, 0.15) is 24.7 Å². The molecule has 0 aromatic rings. The number of hydrogen-bond acceptors (Lipinski definition) is 7. The first-order chi connectivity index (χ1) is 16.8. The summed E-state index contributed by atoms with van der Waals surface area (Å²) in [5.41, 5.74) is 0. The van der Waals surface area contributed by atoms with Gasteiger partial charge >= 0.3 is 5.97 Å². The molecule has 0 spiro atoms. The molecule has 36 heavy (non-hydrogen) atoms. The van der Waals surface area contributed by atoms with Gasteiger partial charge in [0.2, 0.25) is 35.4 Å². The van der Waals surface area contributed by atoms with E-state index >= 15 is 0 Å². The van der Waals surface area contributed by atoms with Gasteiger partial charge in [-0.05, 0) is 26.2 Å². The Morgan fingerprint density at radius 1 is 0.972 bits per heavy atom. The third kappa shape index (κ3) is 10.3. The summed E-state index contributed by atoms with van der Waals surface area (Å²) in [5.74, 6) is -4.00. The maximum absolute atomic E-state index is 13.4. The number of likely N-dealkylation sites (tertiary alicyclic amines) is 1. The van der Waals surface area contributed by atoms with Gasteiger partial charge in [0.25, 0.3) is 0 Å². The number of nitrogens with zero attached hydrogens (tertiary/aromatic N) is 2. The van der Waals surface area contributed by atoms with Gasteiger partial charge in [0.05, 0.1) is 0 Å². The topological polar surface area (TPSA) is 194 Å². The van der Waals surface area contributed by atoms with Crippen molar-refractivity contribution in [2.75, 3.05) is 32.7 Å². The summed E-state index contributed by atoms with van der Waals surface area (Å²) in [6.45, 7) is 5.49. The van der Waals surface area contributed by atoms with Crippen LogP contribution in [0.25, 0.3) is 0 Å². The number of carbonyl (C=O) groups excluding carboxylic acids is 6. The van der Waals surface area contributed by atoms with E-state index in [-0.39, 0.29) is 44.4 Å². The Hall–Kier alpha value is -3.71. The van der Waals surface area contributed by atoms with Crippen molar-refractivity contribution in [2.45, 2.75) is 65.1 Å². The molecule has 0 radical (unpaired) electrons. The monoisotopic (exact) mass is 512 g/mol. The maximum atomic E-state index is 13.4. The Kier molecular flexibility index (Phi) is 12.3. The van der Waals surface area contributed by atoms with Crippen molar-refractivity contribution in [2.24, 2.45) is 0 Å². The smallest absolute Gasteiger partial charge is 0.322 e. The highest BCUT2D eigenvalue weighted by Crippen LogP contribution is 2.19. The van der Waals surface area contributed by atoms with E-state index in [1.165, 1.54) is 37.5 Å². The summed E-state index contributed by atoms with van der Waals surface area (Å²) in [6, 6.07) is -2.95. The molecule has 1 rings (SSSR count). The van der Waals surface area contributed by atoms with Crippen LogP contribution >= 0.6 is 0 Å². The Bertz CT molecular complexity index is 863. The fraction of sp³-hybridized carbons (Fsp3) is 0.682. The van der Waals surface area contributed by atoms with Crippen LogP contribution < -0.4 is 21.3 Å². The third-order valence-corrected chi connectivity index (χ3v) is 5.57. The van der Waals surface area contributed by atoms with Crippen LogP contribution in [-0.2, 0) is 33.6 Å². The van der Waals surface area contributed by atoms with Crippen molar-refractivity contribution in [3.05, 3.63) is 0 Å². The van der Waals surface area contributed by atoms with Crippen molar-refractivity contribution < 1.29 is 38.7 Å². The predicted octanol–water partition coefficient (Wildman–Crippen LogP) is -2.44. The van der Waals surface area contributed by atoms with E-state index in [2.05, 4.69) is 21.3 Å². The average Bonchev–Trinajstić information content (AvgIpc) is 3.27. The molecule has 1 fully saturated rings. The zero-order chi connectivity index (χ0) is 27.4. The standard InChI is InChI=1S/C22H36N6O8/c1-13(25-15(3)30)20(34)26-17(7-10-27(16(4)31)11-8-23-14(2)29)22(36)28-9-5-6-18(28)21(35)24-12-19(32)33/h13,17-18H,5-12H2,1-4H3,(H,23,29)(H,24,35)(H,25,30)(H,26,34)(H,32,33)/t13-,17-,18-/m0/s1. The largest absolute Gasteiger partial charge is 0.480 e. The minimum atomic E-state index is -1.22. The molecule has 14 heteroatoms. The number of aliphatic carboxylic acids is 1. The molecule has 1 aliphatic heterocycles. The average molecular weight is 513 g/mol. The summed E-state index contributed by atoms with van der Waals surface area (Å²) in [7, 11) is 0. The molecule has 0 aromatic heterocycles. The molecule has 5 N–H and O–H groups in total. The minimum absolute atomic E-state index is 0.0109. The number of hydrogen-bond donors (Lipinski definition) is 5. The number of carboxylic acid groups (broad SMARTS) is 1. The summed E-state index contributed by atoms with van der Waals surface area (Å²) in [6.07, 6.45) is 0.851. The lowest BCUT2D eigenvalue weighted by molar-refractivity contribution is -0.143. The predicted molar refractivity (Wildman–Crippen MR) is 126 cm³/mol. The second-order valence-electron chi connectivity index (χ2n) is 8.56. The minimum Gasteiger partial charge on any atom is -0.480 e. The molecule has 0 aromatic carbocycles. The van der Waals surface area contributed by atoms with Crippen LogP contribution in [0.1, 0.15) is 47.0 Å². The molecule has 202 valence electrons. The van der Waals surface area contributed by atoms with Gasteiger partial charge in [-0.2, -0.15) is 0 Å². The van der Waals surface area contributed by atoms with Crippen molar-refractivity contribution in [1.82, 2.24) is 31.1 Å². The van der Waals surface area contributed by atoms with Gasteiger partial charge in [-0.1, -0.05) is 0 Å². The second-order valence-corrected chi connectivity index (χ2v) is 8.56. The molecular formula is C22H36N6O8. The van der Waals surface area contributed by atoms with Gasteiger partial charge in [-0.25, -0.2) is 0 Å². The first-order valence-corrected chi connectivity index (χ1v) is 11.7. The number of nitrogens with one attached hydrogen (secondary N) is 4. The lowest BCUT2D eigenvalue weighted by atomic mass is 10.1. The third-order valence-electron chi connectivity index (χ3n) is 5.57. The normalized spacial score (nSPS) is 16.3. The van der Waals surface area contributed by atoms with E-state index in [1.807, 2.05) is 0 Å². The van der Waals surface area contributed by atoms with Crippen LogP contribution in [-0.4, -0.2) is 107 Å². The number of carboxylic acids is 1. The highest BCUT2D eigenvalue weighted by Gasteiger charge is 2.38. The highest BCUT2D eigenvalue weighted by atomic mass is 16.4. The summed E-state index contributed by atoms with van der Waals surface area (Å²) >= 11 is 0. The first kappa shape index (κ1) is 30.3. The fourth-order valence-electron chi connectivity index (χ4n) is 3.79. The summed E-state index contributed by atoms with van der Waals surface area (Å²) < 4.78 is 0. The molecule has 0 saturated carbocycles. The SMILES string of the molecule is CC(=O)NCCN(CC[C@H](NC(=O)[C@H](C)NC(C)=O)C(=O)N1CCC[C@H]1C(=O)NCC(=O)O)C(C)=O. The van der Waals surface area contributed by atoms with Crippen molar-refractivity contribution in [3.8, 4) is 0 Å². The fourth-order valence-corrected chi connectivity index (χ4v) is 3.79. The van der Waals surface area contributed by atoms with Crippen molar-refractivity contribution in [3.63, 3.8) is 0 Å². The summed E-state index contributed by atoms with van der Waals surface area (Å²) in [4.78, 5) is 86.6. The van der Waals surface area contributed by atoms with Gasteiger partial charge in [0, 0.05) is 47.0 Å². The lowest BCUT2D eigenvalue weighted by Crippen LogP contribution is -2.57. The van der Waals surface area contributed by atoms with E-state index in [9.17, 15) is 33.6 Å². The molecule has 0 bridgehead atoms. The number of rotatable bonds is 13. The van der Waals surface area contributed by atoms with E-state index < -0.39 is 54.3 Å². The molecule has 14 nitrogen and oxygen atoms in total. The van der Waals surface area contributed by atoms with E-state index in [0.717, 1.165) is 0 Å². The zero-order valence-corrected chi connectivity index (χ0v) is 21.1. The van der Waals surface area contributed by atoms with Gasteiger partial charge in [0.15, 0.2) is 0 Å². The first-order valence-electron chi connectivity index (χ1n) is 11.7. The molecule has 0 unspecified atom stereocenters. The maximum Gasteiger partial charge on any atom is 0.322 e. The number of amides is 6. The van der Waals surface area contributed by atoms with Crippen molar-refractivity contribution >= 4 is 41.4 Å². The molecule has 6 amide bonds. The molecule has 3 atom stereocenters. The van der Waals surface area contributed by atoms with Crippen LogP contribution in [0.4, 0.5) is 0 Å². The Labute approximate surface area is 209 Å². The molecule has 1 heterocycles. The van der Waals surface area contributed by atoms with Crippen LogP contribution in [0, 0.1) is 0 Å². The van der Waals surface area contributed by atoms with E-state index in [4.69, 9.17) is 5.11 Å². The van der Waals surface area contributed by atoms with Gasteiger partial charge in [-0.15, -0.1) is 0 Å². The van der Waals surface area contributed by atoms with Crippen LogP contribution in [0.3, 0.4) is 0 Å². The molecule has 0 aliphatic carbocycles. The molecular weight excluding hydrogens is 476 g/mol. The highest BCUT2D eigenvalue weighted by molar-refractivity contribution is 5.94. The Morgan fingerprint density at radius 2 is 1.64 bits per heavy atom. The van der Waals surface area contributed by atoms with E-state index in [0.29, 0.717) is 12.8 Å². The quantitative estimate of drug-likeness (QED) is 0.179. The van der Waals surface area contributed by atoms with Crippen LogP contribution in [0.2, 0.25) is 0 Å². The van der Waals surface area contributed by atoms with Crippen LogP contribution in [0.15, 0.2) is 0 Å². The lowest BCUT2D eigenvalue weighted by Gasteiger charge is -2.30. The van der Waals surface area contributed by atoms with E-state index in [1.54, 1.807) is 0 Å². The van der Waals surface area contributed by atoms with Crippen LogP contribution in [0.5, 0.6) is 0 Å². The molecule has 1 aliphatic rings.